The lowest BCUT2D eigenvalue weighted by molar-refractivity contribution is 0.0651. The SMILES string of the molecule is CCc1oc(C(=O)O)nc1OC. The number of carboxylic acids is 1. The van der Waals surface area contributed by atoms with Crippen LogP contribution in [0.15, 0.2) is 4.42 Å². The Labute approximate surface area is 69.0 Å². The van der Waals surface area contributed by atoms with Crippen molar-refractivity contribution in [1.82, 2.24) is 4.98 Å². The van der Waals surface area contributed by atoms with Crippen molar-refractivity contribution in [3.05, 3.63) is 11.7 Å². The van der Waals surface area contributed by atoms with Crippen LogP contribution >= 0.6 is 0 Å². The van der Waals surface area contributed by atoms with Crippen LogP contribution in [-0.2, 0) is 6.42 Å². The zero-order valence-corrected chi connectivity index (χ0v) is 6.83. The van der Waals surface area contributed by atoms with Crippen molar-refractivity contribution < 1.29 is 19.1 Å². The highest BCUT2D eigenvalue weighted by Crippen LogP contribution is 2.18. The first-order chi connectivity index (χ1) is 5.69. The van der Waals surface area contributed by atoms with Crippen molar-refractivity contribution >= 4 is 5.97 Å². The summed E-state index contributed by atoms with van der Waals surface area (Å²) in [5.74, 6) is -0.818. The fourth-order valence-corrected chi connectivity index (χ4v) is 0.812. The van der Waals surface area contributed by atoms with Gasteiger partial charge in [-0.2, -0.15) is 4.98 Å². The molecule has 12 heavy (non-hydrogen) atoms. The molecule has 1 rings (SSSR count). The van der Waals surface area contributed by atoms with Gasteiger partial charge in [0.25, 0.3) is 5.88 Å². The molecule has 0 amide bonds. The molecule has 0 aromatic carbocycles. The molecule has 0 saturated heterocycles. The summed E-state index contributed by atoms with van der Waals surface area (Å²) < 4.78 is 9.68. The van der Waals surface area contributed by atoms with E-state index in [0.29, 0.717) is 12.2 Å². The quantitative estimate of drug-likeness (QED) is 0.732. The molecule has 0 radical (unpaired) electrons. The van der Waals surface area contributed by atoms with Crippen LogP contribution in [0.1, 0.15) is 23.4 Å². The first-order valence-electron chi connectivity index (χ1n) is 3.46. The van der Waals surface area contributed by atoms with Crippen LogP contribution in [0.3, 0.4) is 0 Å². The number of rotatable bonds is 3. The van der Waals surface area contributed by atoms with Crippen molar-refractivity contribution in [2.45, 2.75) is 13.3 Å². The number of carboxylic acid groups (broad SMARTS) is 1. The van der Waals surface area contributed by atoms with Crippen molar-refractivity contribution in [2.24, 2.45) is 0 Å². The lowest BCUT2D eigenvalue weighted by atomic mass is 10.4. The number of ether oxygens (including phenoxy) is 1. The maximum absolute atomic E-state index is 10.4. The van der Waals surface area contributed by atoms with Crippen molar-refractivity contribution in [3.63, 3.8) is 0 Å². The summed E-state index contributed by atoms with van der Waals surface area (Å²) in [5, 5.41) is 8.50. The summed E-state index contributed by atoms with van der Waals surface area (Å²) in [5.41, 5.74) is 0. The van der Waals surface area contributed by atoms with Crippen LogP contribution in [0.4, 0.5) is 0 Å². The zero-order chi connectivity index (χ0) is 9.14. The van der Waals surface area contributed by atoms with E-state index in [9.17, 15) is 4.79 Å². The van der Waals surface area contributed by atoms with E-state index in [2.05, 4.69) is 4.98 Å². The molecular formula is C7H9NO4. The molecule has 0 fully saturated rings. The summed E-state index contributed by atoms with van der Waals surface area (Å²) in [6.45, 7) is 1.83. The van der Waals surface area contributed by atoms with Crippen LogP contribution in [0.2, 0.25) is 0 Å². The molecular weight excluding hydrogens is 162 g/mol. The minimum absolute atomic E-state index is 0.245. The molecule has 0 aliphatic heterocycles. The van der Waals surface area contributed by atoms with Crippen molar-refractivity contribution in [1.29, 1.82) is 0 Å². The molecule has 0 aliphatic carbocycles. The van der Waals surface area contributed by atoms with Gasteiger partial charge in [0.05, 0.1) is 7.11 Å². The Morgan fingerprint density at radius 1 is 1.75 bits per heavy atom. The van der Waals surface area contributed by atoms with Gasteiger partial charge in [-0.15, -0.1) is 0 Å². The predicted octanol–water partition coefficient (Wildman–Crippen LogP) is 0.944. The molecule has 66 valence electrons. The highest BCUT2D eigenvalue weighted by molar-refractivity contribution is 5.82. The number of aryl methyl sites for hydroxylation is 1. The van der Waals surface area contributed by atoms with Crippen LogP contribution in [0.25, 0.3) is 0 Å². The van der Waals surface area contributed by atoms with Gasteiger partial charge in [-0.25, -0.2) is 4.79 Å². The van der Waals surface area contributed by atoms with Gasteiger partial charge in [-0.1, -0.05) is 6.92 Å². The highest BCUT2D eigenvalue weighted by atomic mass is 16.5. The van der Waals surface area contributed by atoms with E-state index in [1.165, 1.54) is 7.11 Å². The highest BCUT2D eigenvalue weighted by Gasteiger charge is 2.16. The molecule has 1 heterocycles. The molecule has 5 nitrogen and oxygen atoms in total. The second kappa shape index (κ2) is 3.25. The lowest BCUT2D eigenvalue weighted by Gasteiger charge is -1.92. The van der Waals surface area contributed by atoms with Gasteiger partial charge in [-0.3, -0.25) is 0 Å². The molecule has 0 bridgehead atoms. The zero-order valence-electron chi connectivity index (χ0n) is 6.83. The molecule has 1 aromatic heterocycles. The van der Waals surface area contributed by atoms with Crippen LogP contribution < -0.4 is 4.74 Å². The number of nitrogens with zero attached hydrogens (tertiary/aromatic N) is 1. The summed E-state index contributed by atoms with van der Waals surface area (Å²) in [6.07, 6.45) is 0.559. The number of methoxy groups -OCH3 is 1. The number of aromatic carboxylic acids is 1. The molecule has 0 saturated carbocycles. The Bertz CT molecular complexity index is 270. The van der Waals surface area contributed by atoms with E-state index >= 15 is 0 Å². The van der Waals surface area contributed by atoms with Gasteiger partial charge in [0, 0.05) is 6.42 Å². The van der Waals surface area contributed by atoms with E-state index in [1.807, 2.05) is 6.92 Å². The summed E-state index contributed by atoms with van der Waals surface area (Å²) in [7, 11) is 1.42. The Hall–Kier alpha value is -1.52. The van der Waals surface area contributed by atoms with Crippen LogP contribution in [0.5, 0.6) is 5.88 Å². The maximum atomic E-state index is 10.4. The summed E-state index contributed by atoms with van der Waals surface area (Å²) in [4.78, 5) is 14.0. The van der Waals surface area contributed by atoms with Crippen molar-refractivity contribution in [3.8, 4) is 5.88 Å². The minimum Gasteiger partial charge on any atom is -0.479 e. The molecule has 5 heteroatoms. The second-order valence-electron chi connectivity index (χ2n) is 2.11. The van der Waals surface area contributed by atoms with Gasteiger partial charge in [0.2, 0.25) is 0 Å². The predicted molar refractivity (Wildman–Crippen MR) is 39.4 cm³/mol. The van der Waals surface area contributed by atoms with Gasteiger partial charge in [0.15, 0.2) is 5.76 Å². The van der Waals surface area contributed by atoms with Crippen LogP contribution in [0, 0.1) is 0 Å². The minimum atomic E-state index is -1.19. The maximum Gasteiger partial charge on any atom is 0.392 e. The van der Waals surface area contributed by atoms with Gasteiger partial charge < -0.3 is 14.3 Å². The molecule has 0 unspecified atom stereocenters. The Kier molecular flexibility index (Phi) is 2.32. The number of hydrogen-bond acceptors (Lipinski definition) is 4. The molecule has 0 atom stereocenters. The number of oxazole rings is 1. The van der Waals surface area contributed by atoms with E-state index in [-0.39, 0.29) is 11.8 Å². The Morgan fingerprint density at radius 2 is 2.42 bits per heavy atom. The third-order valence-corrected chi connectivity index (χ3v) is 1.36. The molecule has 0 spiro atoms. The molecule has 1 aromatic rings. The van der Waals surface area contributed by atoms with E-state index < -0.39 is 5.97 Å². The summed E-state index contributed by atoms with van der Waals surface area (Å²) >= 11 is 0. The number of aromatic nitrogens is 1. The van der Waals surface area contributed by atoms with E-state index in [4.69, 9.17) is 14.3 Å². The topological polar surface area (TPSA) is 72.6 Å². The third kappa shape index (κ3) is 1.39. The first kappa shape index (κ1) is 8.58. The monoisotopic (exact) mass is 171 g/mol. The molecule has 0 aliphatic rings. The van der Waals surface area contributed by atoms with Gasteiger partial charge in [-0.05, 0) is 0 Å². The second-order valence-corrected chi connectivity index (χ2v) is 2.11. The number of hydrogen-bond donors (Lipinski definition) is 1. The Morgan fingerprint density at radius 3 is 2.75 bits per heavy atom. The number of carbonyl (C=O) groups is 1. The van der Waals surface area contributed by atoms with E-state index in [1.54, 1.807) is 0 Å². The normalized spacial score (nSPS) is 9.83. The first-order valence-corrected chi connectivity index (χ1v) is 3.46. The average molecular weight is 171 g/mol. The van der Waals surface area contributed by atoms with Gasteiger partial charge >= 0.3 is 11.9 Å². The Balaban J connectivity index is 3.05. The standard InChI is InChI=1S/C7H9NO4/c1-3-4-5(11-2)8-6(12-4)7(9)10/h3H2,1-2H3,(H,9,10). The average Bonchev–Trinajstić information content (AvgIpc) is 2.46. The van der Waals surface area contributed by atoms with Crippen LogP contribution in [-0.4, -0.2) is 23.2 Å². The van der Waals surface area contributed by atoms with E-state index in [0.717, 1.165) is 0 Å². The van der Waals surface area contributed by atoms with Crippen molar-refractivity contribution in [2.75, 3.05) is 7.11 Å². The van der Waals surface area contributed by atoms with Gasteiger partial charge in [0.1, 0.15) is 0 Å². The smallest absolute Gasteiger partial charge is 0.392 e. The largest absolute Gasteiger partial charge is 0.479 e. The lowest BCUT2D eigenvalue weighted by Crippen LogP contribution is -1.95. The summed E-state index contributed by atoms with van der Waals surface area (Å²) in [6, 6.07) is 0. The molecule has 1 N–H and O–H groups in total. The fraction of sp³-hybridized carbons (Fsp3) is 0.429. The third-order valence-electron chi connectivity index (χ3n) is 1.36. The fourth-order valence-electron chi connectivity index (χ4n) is 0.812.